The van der Waals surface area contributed by atoms with Crippen LogP contribution >= 0.6 is 0 Å². The van der Waals surface area contributed by atoms with E-state index in [4.69, 9.17) is 5.11 Å². The van der Waals surface area contributed by atoms with Gasteiger partial charge in [0.05, 0.1) is 0 Å². The van der Waals surface area contributed by atoms with Gasteiger partial charge in [0.2, 0.25) is 0 Å². The molecule has 0 heterocycles. The third-order valence-corrected chi connectivity index (χ3v) is 3.55. The maximum absolute atomic E-state index is 11.5. The first-order valence-corrected chi connectivity index (χ1v) is 7.06. The van der Waals surface area contributed by atoms with Crippen molar-refractivity contribution < 1.29 is 9.90 Å². The van der Waals surface area contributed by atoms with E-state index in [1.807, 2.05) is 6.20 Å². The Morgan fingerprint density at radius 1 is 1.28 bits per heavy atom. The number of carbonyl (C=O) groups excluding carboxylic acids is 1. The molecule has 0 aromatic heterocycles. The highest BCUT2D eigenvalue weighted by molar-refractivity contribution is 5.74. The molecule has 0 saturated heterocycles. The monoisotopic (exact) mass is 254 g/mol. The van der Waals surface area contributed by atoms with Crippen molar-refractivity contribution in [3.8, 4) is 0 Å². The van der Waals surface area contributed by atoms with Crippen LogP contribution in [0.3, 0.4) is 0 Å². The van der Waals surface area contributed by atoms with E-state index >= 15 is 0 Å². The summed E-state index contributed by atoms with van der Waals surface area (Å²) in [5.74, 6) is 0.662. The summed E-state index contributed by atoms with van der Waals surface area (Å²) in [7, 11) is 0. The minimum atomic E-state index is -0.128. The Labute approximate surface area is 110 Å². The second kappa shape index (κ2) is 8.97. The highest BCUT2D eigenvalue weighted by Gasteiger charge is 2.16. The standard InChI is InChI=1S/C14H26N2O2/c1-12(13-7-3-4-8-13)11-16-14(18)15-9-5-2-6-10-17/h11,13,17H,2-10H2,1H3,(H2,15,16,18)/b12-11+. The summed E-state index contributed by atoms with van der Waals surface area (Å²) < 4.78 is 0. The lowest BCUT2D eigenvalue weighted by atomic mass is 10.0. The van der Waals surface area contributed by atoms with Gasteiger partial charge < -0.3 is 15.7 Å². The number of nitrogens with one attached hydrogen (secondary N) is 2. The second-order valence-corrected chi connectivity index (χ2v) is 5.05. The van der Waals surface area contributed by atoms with E-state index in [1.54, 1.807) is 0 Å². The molecule has 1 aliphatic carbocycles. The topological polar surface area (TPSA) is 61.4 Å². The first kappa shape index (κ1) is 15.0. The first-order chi connectivity index (χ1) is 8.74. The average molecular weight is 254 g/mol. The van der Waals surface area contributed by atoms with Crippen molar-refractivity contribution >= 4 is 6.03 Å². The minimum Gasteiger partial charge on any atom is -0.396 e. The molecular formula is C14H26N2O2. The molecule has 0 radical (unpaired) electrons. The highest BCUT2D eigenvalue weighted by Crippen LogP contribution is 2.30. The van der Waals surface area contributed by atoms with Crippen LogP contribution in [0.15, 0.2) is 11.8 Å². The van der Waals surface area contributed by atoms with Crippen molar-refractivity contribution in [2.45, 2.75) is 51.9 Å². The molecule has 1 fully saturated rings. The molecule has 0 aliphatic heterocycles. The molecule has 18 heavy (non-hydrogen) atoms. The van der Waals surface area contributed by atoms with Gasteiger partial charge >= 0.3 is 6.03 Å². The van der Waals surface area contributed by atoms with E-state index in [0.717, 1.165) is 19.3 Å². The van der Waals surface area contributed by atoms with Crippen LogP contribution in [0.4, 0.5) is 4.79 Å². The summed E-state index contributed by atoms with van der Waals surface area (Å²) in [6, 6.07) is -0.128. The number of unbranched alkanes of at least 4 members (excludes halogenated alkanes) is 2. The summed E-state index contributed by atoms with van der Waals surface area (Å²) in [4.78, 5) is 11.5. The van der Waals surface area contributed by atoms with E-state index in [0.29, 0.717) is 12.5 Å². The molecule has 1 aliphatic rings. The number of carbonyl (C=O) groups is 1. The van der Waals surface area contributed by atoms with Crippen molar-refractivity contribution in [1.82, 2.24) is 10.6 Å². The Morgan fingerprint density at radius 3 is 2.67 bits per heavy atom. The van der Waals surface area contributed by atoms with Gasteiger partial charge in [-0.25, -0.2) is 4.79 Å². The number of aliphatic hydroxyl groups excluding tert-OH is 1. The van der Waals surface area contributed by atoms with Crippen molar-refractivity contribution in [1.29, 1.82) is 0 Å². The van der Waals surface area contributed by atoms with Crippen molar-refractivity contribution in [3.63, 3.8) is 0 Å². The minimum absolute atomic E-state index is 0.128. The number of amides is 2. The zero-order valence-corrected chi connectivity index (χ0v) is 11.4. The van der Waals surface area contributed by atoms with Crippen molar-refractivity contribution in [2.75, 3.05) is 13.2 Å². The third kappa shape index (κ3) is 6.05. The van der Waals surface area contributed by atoms with E-state index in [-0.39, 0.29) is 12.6 Å². The second-order valence-electron chi connectivity index (χ2n) is 5.05. The van der Waals surface area contributed by atoms with Crippen LogP contribution in [0.25, 0.3) is 0 Å². The van der Waals surface area contributed by atoms with Gasteiger partial charge in [-0.15, -0.1) is 0 Å². The summed E-state index contributed by atoms with van der Waals surface area (Å²) in [6.45, 7) is 3.00. The van der Waals surface area contributed by atoms with Crippen molar-refractivity contribution in [2.24, 2.45) is 5.92 Å². The van der Waals surface area contributed by atoms with E-state index in [9.17, 15) is 4.79 Å². The predicted octanol–water partition coefficient (Wildman–Crippen LogP) is 2.54. The quantitative estimate of drug-likeness (QED) is 0.611. The van der Waals surface area contributed by atoms with Crippen LogP contribution in [0.2, 0.25) is 0 Å². The highest BCUT2D eigenvalue weighted by atomic mass is 16.2. The molecule has 0 bridgehead atoms. The zero-order chi connectivity index (χ0) is 13.2. The average Bonchev–Trinajstić information content (AvgIpc) is 2.89. The third-order valence-electron chi connectivity index (χ3n) is 3.55. The molecule has 4 heteroatoms. The van der Waals surface area contributed by atoms with Gasteiger partial charge in [0, 0.05) is 19.4 Å². The Balaban J connectivity index is 2.09. The lowest BCUT2D eigenvalue weighted by Crippen LogP contribution is -2.33. The van der Waals surface area contributed by atoms with Gasteiger partial charge in [-0.1, -0.05) is 18.4 Å². The lowest BCUT2D eigenvalue weighted by Gasteiger charge is -2.10. The maximum atomic E-state index is 11.5. The van der Waals surface area contributed by atoms with Crippen LogP contribution in [0, 0.1) is 5.92 Å². The Hall–Kier alpha value is -1.03. The molecule has 3 N–H and O–H groups in total. The van der Waals surface area contributed by atoms with Crippen LogP contribution in [-0.2, 0) is 0 Å². The van der Waals surface area contributed by atoms with Crippen LogP contribution in [0.5, 0.6) is 0 Å². The summed E-state index contributed by atoms with van der Waals surface area (Å²) >= 11 is 0. The number of allylic oxidation sites excluding steroid dienone is 1. The molecule has 1 rings (SSSR count). The number of hydrogen-bond donors (Lipinski definition) is 3. The summed E-state index contributed by atoms with van der Waals surface area (Å²) in [6.07, 6.45) is 9.66. The maximum Gasteiger partial charge on any atom is 0.318 e. The van der Waals surface area contributed by atoms with Gasteiger partial charge in [-0.3, -0.25) is 0 Å². The molecule has 0 unspecified atom stereocenters. The number of urea groups is 1. The zero-order valence-electron chi connectivity index (χ0n) is 11.4. The van der Waals surface area contributed by atoms with Gasteiger partial charge in [0.15, 0.2) is 0 Å². The SMILES string of the molecule is C/C(=C\NC(=O)NCCCCCO)C1CCCC1. The first-order valence-electron chi connectivity index (χ1n) is 7.06. The molecular weight excluding hydrogens is 228 g/mol. The van der Waals surface area contributed by atoms with Crippen LogP contribution in [-0.4, -0.2) is 24.3 Å². The molecule has 0 atom stereocenters. The van der Waals surface area contributed by atoms with Gasteiger partial charge in [0.25, 0.3) is 0 Å². The fraction of sp³-hybridized carbons (Fsp3) is 0.786. The Bertz CT molecular complexity index is 271. The lowest BCUT2D eigenvalue weighted by molar-refractivity contribution is 0.243. The summed E-state index contributed by atoms with van der Waals surface area (Å²) in [5, 5.41) is 14.2. The molecule has 4 nitrogen and oxygen atoms in total. The fourth-order valence-electron chi connectivity index (χ4n) is 2.34. The largest absolute Gasteiger partial charge is 0.396 e. The van der Waals surface area contributed by atoms with E-state index in [2.05, 4.69) is 17.6 Å². The number of hydrogen-bond acceptors (Lipinski definition) is 2. The van der Waals surface area contributed by atoms with Gasteiger partial charge in [0.1, 0.15) is 0 Å². The van der Waals surface area contributed by atoms with E-state index < -0.39 is 0 Å². The van der Waals surface area contributed by atoms with Crippen molar-refractivity contribution in [3.05, 3.63) is 11.8 Å². The van der Waals surface area contributed by atoms with Gasteiger partial charge in [-0.05, 0) is 44.9 Å². The molecule has 1 saturated carbocycles. The Kier molecular flexibility index (Phi) is 7.49. The fourth-order valence-corrected chi connectivity index (χ4v) is 2.34. The predicted molar refractivity (Wildman–Crippen MR) is 73.2 cm³/mol. The normalized spacial score (nSPS) is 16.9. The molecule has 104 valence electrons. The Morgan fingerprint density at radius 2 is 2.00 bits per heavy atom. The molecule has 0 spiro atoms. The van der Waals surface area contributed by atoms with Crippen LogP contribution < -0.4 is 10.6 Å². The number of aliphatic hydroxyl groups is 1. The van der Waals surface area contributed by atoms with Crippen LogP contribution in [0.1, 0.15) is 51.9 Å². The molecule has 0 aromatic rings. The molecule has 0 aromatic carbocycles. The summed E-state index contributed by atoms with van der Waals surface area (Å²) in [5.41, 5.74) is 1.28. The van der Waals surface area contributed by atoms with Gasteiger partial charge in [-0.2, -0.15) is 0 Å². The van der Waals surface area contributed by atoms with E-state index in [1.165, 1.54) is 31.3 Å². The smallest absolute Gasteiger partial charge is 0.318 e. The number of rotatable bonds is 7. The molecule has 2 amide bonds.